The summed E-state index contributed by atoms with van der Waals surface area (Å²) < 4.78 is 1.87. The van der Waals surface area contributed by atoms with E-state index in [9.17, 15) is 4.79 Å². The van der Waals surface area contributed by atoms with Gasteiger partial charge in [0.1, 0.15) is 11.5 Å². The van der Waals surface area contributed by atoms with E-state index in [1.54, 1.807) is 12.4 Å². The van der Waals surface area contributed by atoms with Crippen molar-refractivity contribution in [2.24, 2.45) is 7.05 Å². The fourth-order valence-corrected chi connectivity index (χ4v) is 1.69. The Balaban J connectivity index is 2.10. The Hall–Kier alpha value is -2.04. The van der Waals surface area contributed by atoms with Crippen LogP contribution in [0.15, 0.2) is 24.5 Å². The quantitative estimate of drug-likeness (QED) is 0.843. The smallest absolute Gasteiger partial charge is 0.268 e. The molecule has 2 aromatic heterocycles. The number of aromatic amines is 1. The van der Waals surface area contributed by atoms with E-state index in [2.05, 4.69) is 15.3 Å². The van der Waals surface area contributed by atoms with Gasteiger partial charge in [0, 0.05) is 25.1 Å². The van der Waals surface area contributed by atoms with E-state index in [0.29, 0.717) is 5.69 Å². The molecule has 2 N–H and O–H groups in total. The van der Waals surface area contributed by atoms with Crippen LogP contribution < -0.4 is 5.32 Å². The first-order chi connectivity index (χ1) is 8.09. The largest absolute Gasteiger partial charge is 0.347 e. The van der Waals surface area contributed by atoms with Gasteiger partial charge in [-0.05, 0) is 26.0 Å². The molecule has 1 atom stereocenters. The minimum atomic E-state index is -0.132. The number of carbonyl (C=O) groups excluding carboxylic acids is 1. The third kappa shape index (κ3) is 2.22. The van der Waals surface area contributed by atoms with Crippen molar-refractivity contribution >= 4 is 5.91 Å². The van der Waals surface area contributed by atoms with E-state index in [1.807, 2.05) is 37.6 Å². The zero-order valence-electron chi connectivity index (χ0n) is 10.2. The molecule has 0 saturated carbocycles. The number of aromatic nitrogens is 3. The summed E-state index contributed by atoms with van der Waals surface area (Å²) >= 11 is 0. The lowest BCUT2D eigenvalue weighted by atomic mass is 10.3. The molecule has 2 aromatic rings. The maximum absolute atomic E-state index is 12.0. The topological polar surface area (TPSA) is 62.7 Å². The number of carbonyl (C=O) groups is 1. The molecular weight excluding hydrogens is 216 g/mol. The van der Waals surface area contributed by atoms with Crippen LogP contribution >= 0.6 is 0 Å². The Labute approximate surface area is 99.9 Å². The number of aryl methyl sites for hydroxylation is 1. The van der Waals surface area contributed by atoms with Gasteiger partial charge < -0.3 is 14.9 Å². The Kier molecular flexibility index (Phi) is 2.99. The highest BCUT2D eigenvalue weighted by atomic mass is 16.2. The second-order valence-electron chi connectivity index (χ2n) is 4.09. The summed E-state index contributed by atoms with van der Waals surface area (Å²) in [5.74, 6) is 0.661. The SMILES string of the molecule is Cc1ccc(C(=O)NC(C)c2ncc[nH]2)n1C. The molecular formula is C12H16N4O. The molecule has 2 heterocycles. The van der Waals surface area contributed by atoms with Crippen LogP contribution in [0.25, 0.3) is 0 Å². The second-order valence-corrected chi connectivity index (χ2v) is 4.09. The van der Waals surface area contributed by atoms with E-state index in [4.69, 9.17) is 0 Å². The van der Waals surface area contributed by atoms with Gasteiger partial charge in [0.25, 0.3) is 5.91 Å². The van der Waals surface area contributed by atoms with Gasteiger partial charge in [0.15, 0.2) is 0 Å². The number of amides is 1. The third-order valence-corrected chi connectivity index (χ3v) is 2.88. The maximum atomic E-state index is 12.0. The van der Waals surface area contributed by atoms with Gasteiger partial charge >= 0.3 is 0 Å². The van der Waals surface area contributed by atoms with E-state index in [0.717, 1.165) is 11.5 Å². The Morgan fingerprint density at radius 1 is 1.53 bits per heavy atom. The standard InChI is InChI=1S/C12H16N4O/c1-8-4-5-10(16(8)3)12(17)15-9(2)11-13-6-7-14-11/h4-7,9H,1-3H3,(H,13,14)(H,15,17). The highest BCUT2D eigenvalue weighted by molar-refractivity contribution is 5.93. The van der Waals surface area contributed by atoms with E-state index >= 15 is 0 Å². The molecule has 1 amide bonds. The average molecular weight is 232 g/mol. The van der Waals surface area contributed by atoms with Crippen LogP contribution in [0.5, 0.6) is 0 Å². The van der Waals surface area contributed by atoms with Crippen molar-refractivity contribution in [2.45, 2.75) is 19.9 Å². The van der Waals surface area contributed by atoms with Crippen molar-refractivity contribution in [2.75, 3.05) is 0 Å². The minimum absolute atomic E-state index is 0.0931. The third-order valence-electron chi connectivity index (χ3n) is 2.88. The zero-order chi connectivity index (χ0) is 12.4. The van der Waals surface area contributed by atoms with Crippen molar-refractivity contribution < 1.29 is 4.79 Å². The van der Waals surface area contributed by atoms with Gasteiger partial charge in [-0.25, -0.2) is 4.98 Å². The zero-order valence-corrected chi connectivity index (χ0v) is 10.2. The van der Waals surface area contributed by atoms with Gasteiger partial charge in [-0.2, -0.15) is 0 Å². The number of hydrogen-bond donors (Lipinski definition) is 2. The normalized spacial score (nSPS) is 12.4. The fourth-order valence-electron chi connectivity index (χ4n) is 1.69. The second kappa shape index (κ2) is 4.45. The van der Waals surface area contributed by atoms with Gasteiger partial charge in [-0.3, -0.25) is 4.79 Å². The Bertz CT molecular complexity index is 513. The molecule has 0 aliphatic rings. The summed E-state index contributed by atoms with van der Waals surface area (Å²) in [5, 5.41) is 2.90. The van der Waals surface area contributed by atoms with Crippen molar-refractivity contribution in [3.63, 3.8) is 0 Å². The van der Waals surface area contributed by atoms with Gasteiger partial charge in [-0.1, -0.05) is 0 Å². The van der Waals surface area contributed by atoms with Crippen molar-refractivity contribution in [1.82, 2.24) is 19.9 Å². The lowest BCUT2D eigenvalue weighted by Crippen LogP contribution is -2.29. The van der Waals surface area contributed by atoms with Crippen molar-refractivity contribution in [3.05, 3.63) is 41.7 Å². The van der Waals surface area contributed by atoms with Crippen molar-refractivity contribution in [3.8, 4) is 0 Å². The lowest BCUT2D eigenvalue weighted by molar-refractivity contribution is 0.0930. The van der Waals surface area contributed by atoms with E-state index in [-0.39, 0.29) is 11.9 Å². The Morgan fingerprint density at radius 3 is 2.82 bits per heavy atom. The van der Waals surface area contributed by atoms with Crippen LogP contribution in [0.4, 0.5) is 0 Å². The van der Waals surface area contributed by atoms with E-state index < -0.39 is 0 Å². The Morgan fingerprint density at radius 2 is 2.29 bits per heavy atom. The van der Waals surface area contributed by atoms with Crippen LogP contribution in [-0.2, 0) is 7.05 Å². The summed E-state index contributed by atoms with van der Waals surface area (Å²) in [5.41, 5.74) is 1.71. The highest BCUT2D eigenvalue weighted by Crippen LogP contribution is 2.09. The van der Waals surface area contributed by atoms with Crippen LogP contribution in [0.2, 0.25) is 0 Å². The predicted octanol–water partition coefficient (Wildman–Crippen LogP) is 1.55. The first-order valence-corrected chi connectivity index (χ1v) is 5.52. The molecule has 0 radical (unpaired) electrons. The molecule has 2 rings (SSSR count). The number of hydrogen-bond acceptors (Lipinski definition) is 2. The van der Waals surface area contributed by atoms with Gasteiger partial charge in [-0.15, -0.1) is 0 Å². The number of nitrogens with one attached hydrogen (secondary N) is 2. The molecule has 0 spiro atoms. The van der Waals surface area contributed by atoms with Crippen molar-refractivity contribution in [1.29, 1.82) is 0 Å². The van der Waals surface area contributed by atoms with Gasteiger partial charge in [0.2, 0.25) is 0 Å². The van der Waals surface area contributed by atoms with Crippen LogP contribution in [-0.4, -0.2) is 20.4 Å². The molecule has 17 heavy (non-hydrogen) atoms. The van der Waals surface area contributed by atoms with Gasteiger partial charge in [0.05, 0.1) is 6.04 Å². The average Bonchev–Trinajstić information content (AvgIpc) is 2.90. The lowest BCUT2D eigenvalue weighted by Gasteiger charge is -2.12. The fraction of sp³-hybridized carbons (Fsp3) is 0.333. The summed E-state index contributed by atoms with van der Waals surface area (Å²) in [7, 11) is 1.88. The number of imidazole rings is 1. The summed E-state index contributed by atoms with van der Waals surface area (Å²) in [6.07, 6.45) is 3.41. The highest BCUT2D eigenvalue weighted by Gasteiger charge is 2.15. The molecule has 5 heteroatoms. The molecule has 90 valence electrons. The maximum Gasteiger partial charge on any atom is 0.268 e. The molecule has 0 fully saturated rings. The number of nitrogens with zero attached hydrogens (tertiary/aromatic N) is 2. The van der Waals surface area contributed by atoms with E-state index in [1.165, 1.54) is 0 Å². The predicted molar refractivity (Wildman–Crippen MR) is 64.6 cm³/mol. The molecule has 0 saturated heterocycles. The summed E-state index contributed by atoms with van der Waals surface area (Å²) in [4.78, 5) is 19.1. The van der Waals surface area contributed by atoms with Crippen LogP contribution in [0, 0.1) is 6.92 Å². The monoisotopic (exact) mass is 232 g/mol. The van der Waals surface area contributed by atoms with Crippen LogP contribution in [0.1, 0.15) is 35.0 Å². The molecule has 1 unspecified atom stereocenters. The number of rotatable bonds is 3. The summed E-state index contributed by atoms with van der Waals surface area (Å²) in [6, 6.07) is 3.61. The molecule has 0 aliphatic heterocycles. The molecule has 0 aromatic carbocycles. The number of H-pyrrole nitrogens is 1. The minimum Gasteiger partial charge on any atom is -0.347 e. The summed E-state index contributed by atoms with van der Waals surface area (Å²) in [6.45, 7) is 3.86. The first-order valence-electron chi connectivity index (χ1n) is 5.52. The molecule has 0 bridgehead atoms. The molecule has 5 nitrogen and oxygen atoms in total. The first kappa shape index (κ1) is 11.4. The molecule has 0 aliphatic carbocycles. The van der Waals surface area contributed by atoms with Crippen LogP contribution in [0.3, 0.4) is 0 Å².